The van der Waals surface area contributed by atoms with E-state index in [0.29, 0.717) is 11.3 Å². The third kappa shape index (κ3) is 2.44. The van der Waals surface area contributed by atoms with Crippen molar-refractivity contribution < 1.29 is 5.11 Å². The van der Waals surface area contributed by atoms with Crippen LogP contribution in [-0.2, 0) is 0 Å². The highest BCUT2D eigenvalue weighted by Gasteiger charge is 2.16. The zero-order valence-corrected chi connectivity index (χ0v) is 10.7. The number of nitrogen functional groups attached to an aromatic ring is 1. The highest BCUT2D eigenvalue weighted by Crippen LogP contribution is 2.31. The van der Waals surface area contributed by atoms with Gasteiger partial charge in [-0.1, -0.05) is 61.7 Å². The third-order valence-corrected chi connectivity index (χ3v) is 3.18. The number of hydrogen-bond acceptors (Lipinski definition) is 2. The van der Waals surface area contributed by atoms with E-state index < -0.39 is 6.10 Å². The number of rotatable bonds is 4. The molecule has 2 nitrogen and oxygen atoms in total. The lowest BCUT2D eigenvalue weighted by atomic mass is 9.92. The number of hydrogen-bond donors (Lipinski definition) is 2. The van der Waals surface area contributed by atoms with Gasteiger partial charge in [-0.05, 0) is 22.8 Å². The summed E-state index contributed by atoms with van der Waals surface area (Å²) < 4.78 is 0. The van der Waals surface area contributed by atoms with Crippen LogP contribution < -0.4 is 5.73 Å². The Morgan fingerprint density at radius 3 is 2.26 bits per heavy atom. The Kier molecular flexibility index (Phi) is 3.83. The summed E-state index contributed by atoms with van der Waals surface area (Å²) in [6.07, 6.45) is 2.71. The van der Waals surface area contributed by atoms with E-state index in [9.17, 15) is 5.11 Å². The molecule has 1 unspecified atom stereocenters. The molecular formula is C17H17NO. The largest absolute Gasteiger partial charge is 0.398 e. The first-order valence-electron chi connectivity index (χ1n) is 6.09. The van der Waals surface area contributed by atoms with Crippen LogP contribution in [0.4, 0.5) is 5.69 Å². The number of benzene rings is 2. The summed E-state index contributed by atoms with van der Waals surface area (Å²) in [7, 11) is 0. The van der Waals surface area contributed by atoms with Crippen molar-refractivity contribution >= 4 is 17.8 Å². The maximum atomic E-state index is 10.5. The summed E-state index contributed by atoms with van der Waals surface area (Å²) in [6, 6.07) is 13.0. The molecule has 2 rings (SSSR count). The molecule has 3 N–H and O–H groups in total. The van der Waals surface area contributed by atoms with Crippen LogP contribution >= 0.6 is 0 Å². The molecular weight excluding hydrogens is 234 g/mol. The molecule has 2 heteroatoms. The molecule has 0 bridgehead atoms. The predicted molar refractivity (Wildman–Crippen MR) is 81.5 cm³/mol. The van der Waals surface area contributed by atoms with Crippen molar-refractivity contribution in [3.63, 3.8) is 0 Å². The van der Waals surface area contributed by atoms with Crippen LogP contribution in [0, 0.1) is 0 Å². The van der Waals surface area contributed by atoms with Crippen LogP contribution in [0.1, 0.15) is 28.4 Å². The van der Waals surface area contributed by atoms with Crippen LogP contribution in [-0.4, -0.2) is 5.11 Å². The van der Waals surface area contributed by atoms with E-state index >= 15 is 0 Å². The van der Waals surface area contributed by atoms with E-state index in [2.05, 4.69) is 13.2 Å². The van der Waals surface area contributed by atoms with E-state index in [4.69, 9.17) is 5.73 Å². The van der Waals surface area contributed by atoms with E-state index in [1.54, 1.807) is 18.2 Å². The predicted octanol–water partition coefficient (Wildman–Crippen LogP) is 3.64. The minimum absolute atomic E-state index is 0.578. The van der Waals surface area contributed by atoms with E-state index in [0.717, 1.165) is 16.7 Å². The summed E-state index contributed by atoms with van der Waals surface area (Å²) in [6.45, 7) is 7.58. The van der Waals surface area contributed by atoms with Crippen LogP contribution in [0.15, 0.2) is 55.6 Å². The van der Waals surface area contributed by atoms with Crippen LogP contribution in [0.2, 0.25) is 0 Å². The summed E-state index contributed by atoms with van der Waals surface area (Å²) in [5, 5.41) is 10.5. The lowest BCUT2D eigenvalue weighted by Crippen LogP contribution is -2.06. The van der Waals surface area contributed by atoms with E-state index in [1.807, 2.05) is 36.4 Å². The Labute approximate surface area is 113 Å². The van der Waals surface area contributed by atoms with Crippen molar-refractivity contribution in [3.05, 3.63) is 77.9 Å². The molecule has 0 aliphatic heterocycles. The van der Waals surface area contributed by atoms with Gasteiger partial charge in [0.25, 0.3) is 0 Å². The van der Waals surface area contributed by atoms with Gasteiger partial charge in [0.1, 0.15) is 6.10 Å². The smallest absolute Gasteiger partial charge is 0.107 e. The normalized spacial score (nSPS) is 11.8. The second kappa shape index (κ2) is 5.55. The molecule has 19 heavy (non-hydrogen) atoms. The van der Waals surface area contributed by atoms with Crippen molar-refractivity contribution in [1.82, 2.24) is 0 Å². The van der Waals surface area contributed by atoms with Crippen molar-refractivity contribution in [2.24, 2.45) is 0 Å². The standard InChI is InChI=1S/C17H17NO/c1-3-12-8-7-10-14(13(12)4-2)17(19)15-9-5-6-11-16(15)18/h3-11,17,19H,1-2,18H2. The molecule has 2 aromatic carbocycles. The fourth-order valence-electron chi connectivity index (χ4n) is 2.18. The molecule has 0 amide bonds. The first-order chi connectivity index (χ1) is 9.19. The lowest BCUT2D eigenvalue weighted by molar-refractivity contribution is 0.221. The molecule has 2 aromatic rings. The number of anilines is 1. The minimum atomic E-state index is -0.769. The highest BCUT2D eigenvalue weighted by atomic mass is 16.3. The second-order valence-corrected chi connectivity index (χ2v) is 4.29. The van der Waals surface area contributed by atoms with E-state index in [-0.39, 0.29) is 0 Å². The lowest BCUT2D eigenvalue weighted by Gasteiger charge is -2.17. The molecule has 1 atom stereocenters. The van der Waals surface area contributed by atoms with Crippen molar-refractivity contribution in [1.29, 1.82) is 0 Å². The molecule has 0 aromatic heterocycles. The van der Waals surface area contributed by atoms with Crippen molar-refractivity contribution in [2.75, 3.05) is 5.73 Å². The molecule has 0 aliphatic carbocycles. The van der Waals surface area contributed by atoms with Crippen LogP contribution in [0.25, 0.3) is 12.2 Å². The van der Waals surface area contributed by atoms with Crippen LogP contribution in [0.5, 0.6) is 0 Å². The minimum Gasteiger partial charge on any atom is -0.398 e. The maximum absolute atomic E-state index is 10.5. The van der Waals surface area contributed by atoms with Gasteiger partial charge in [-0.2, -0.15) is 0 Å². The van der Waals surface area contributed by atoms with Gasteiger partial charge in [0.2, 0.25) is 0 Å². The van der Waals surface area contributed by atoms with E-state index in [1.165, 1.54) is 0 Å². The average Bonchev–Trinajstić information content (AvgIpc) is 2.46. The number of aliphatic hydroxyl groups is 1. The van der Waals surface area contributed by atoms with Crippen molar-refractivity contribution in [2.45, 2.75) is 6.10 Å². The quantitative estimate of drug-likeness (QED) is 0.815. The van der Waals surface area contributed by atoms with Gasteiger partial charge in [-0.25, -0.2) is 0 Å². The van der Waals surface area contributed by atoms with Crippen molar-refractivity contribution in [3.8, 4) is 0 Å². The monoisotopic (exact) mass is 251 g/mol. The summed E-state index contributed by atoms with van der Waals surface area (Å²) in [4.78, 5) is 0. The van der Waals surface area contributed by atoms with Crippen LogP contribution in [0.3, 0.4) is 0 Å². The van der Waals surface area contributed by atoms with Gasteiger partial charge in [0.15, 0.2) is 0 Å². The zero-order chi connectivity index (χ0) is 13.8. The Balaban J connectivity index is 2.56. The molecule has 96 valence electrons. The van der Waals surface area contributed by atoms with Gasteiger partial charge in [0, 0.05) is 11.3 Å². The van der Waals surface area contributed by atoms with Gasteiger partial charge < -0.3 is 10.8 Å². The number of aliphatic hydroxyl groups excluding tert-OH is 1. The Morgan fingerprint density at radius 2 is 1.63 bits per heavy atom. The molecule has 0 spiro atoms. The summed E-state index contributed by atoms with van der Waals surface area (Å²) in [5.74, 6) is 0. The Bertz CT molecular complexity index is 616. The summed E-state index contributed by atoms with van der Waals surface area (Å²) >= 11 is 0. The number of nitrogens with two attached hydrogens (primary N) is 1. The average molecular weight is 251 g/mol. The Hall–Kier alpha value is -2.32. The van der Waals surface area contributed by atoms with Gasteiger partial charge in [-0.15, -0.1) is 0 Å². The fourth-order valence-corrected chi connectivity index (χ4v) is 2.18. The maximum Gasteiger partial charge on any atom is 0.107 e. The second-order valence-electron chi connectivity index (χ2n) is 4.29. The fraction of sp³-hybridized carbons (Fsp3) is 0.0588. The SMILES string of the molecule is C=Cc1cccc(C(O)c2ccccc2N)c1C=C. The third-order valence-electron chi connectivity index (χ3n) is 3.18. The topological polar surface area (TPSA) is 46.2 Å². The van der Waals surface area contributed by atoms with Gasteiger partial charge in [-0.3, -0.25) is 0 Å². The molecule has 0 aliphatic rings. The van der Waals surface area contributed by atoms with Gasteiger partial charge >= 0.3 is 0 Å². The van der Waals surface area contributed by atoms with Gasteiger partial charge in [0.05, 0.1) is 0 Å². The number of para-hydroxylation sites is 1. The molecule has 0 heterocycles. The molecule has 0 saturated carbocycles. The zero-order valence-electron chi connectivity index (χ0n) is 10.7. The first-order valence-corrected chi connectivity index (χ1v) is 6.09. The highest BCUT2D eigenvalue weighted by molar-refractivity contribution is 5.68. The first kappa shape index (κ1) is 13.1. The molecule has 0 saturated heterocycles. The molecule has 0 fully saturated rings. The Morgan fingerprint density at radius 1 is 0.947 bits per heavy atom. The summed E-state index contributed by atoms with van der Waals surface area (Å²) in [5.41, 5.74) is 9.80. The molecule has 0 radical (unpaired) electrons.